The first kappa shape index (κ1) is 18.3. The monoisotopic (exact) mass is 399 g/mol. The van der Waals surface area contributed by atoms with Gasteiger partial charge in [-0.15, -0.1) is 0 Å². The van der Waals surface area contributed by atoms with Gasteiger partial charge in [-0.05, 0) is 36.8 Å². The van der Waals surface area contributed by atoms with E-state index in [2.05, 4.69) is 27.4 Å². The number of hydrogen-bond donors (Lipinski definition) is 0. The van der Waals surface area contributed by atoms with Crippen molar-refractivity contribution in [3.8, 4) is 5.69 Å². The number of amides is 1. The van der Waals surface area contributed by atoms with Crippen LogP contribution in [0.3, 0.4) is 0 Å². The number of aryl methyl sites for hydroxylation is 1. The van der Waals surface area contributed by atoms with Gasteiger partial charge in [0.2, 0.25) is 5.89 Å². The molecule has 1 saturated heterocycles. The summed E-state index contributed by atoms with van der Waals surface area (Å²) >= 11 is 0. The summed E-state index contributed by atoms with van der Waals surface area (Å²) in [6.45, 7) is 2.94. The van der Waals surface area contributed by atoms with E-state index in [1.807, 2.05) is 66.6 Å². The molecule has 30 heavy (non-hydrogen) atoms. The van der Waals surface area contributed by atoms with E-state index >= 15 is 0 Å². The second-order valence-corrected chi connectivity index (χ2v) is 7.51. The molecule has 3 heterocycles. The Hall–Kier alpha value is -3.74. The van der Waals surface area contributed by atoms with Gasteiger partial charge >= 0.3 is 0 Å². The first-order chi connectivity index (χ1) is 14.7. The Bertz CT molecular complexity index is 1150. The summed E-state index contributed by atoms with van der Waals surface area (Å²) in [5, 5.41) is 8.21. The fourth-order valence-electron chi connectivity index (χ4n) is 4.11. The maximum Gasteiger partial charge on any atom is 0.253 e. The number of benzene rings is 2. The molecule has 1 fully saturated rings. The maximum atomic E-state index is 13.4. The molecule has 0 spiro atoms. The molecule has 2 unspecified atom stereocenters. The van der Waals surface area contributed by atoms with E-state index in [9.17, 15) is 4.79 Å². The second-order valence-electron chi connectivity index (χ2n) is 7.51. The molecular formula is C23H21N5O2. The number of hydrogen-bond acceptors (Lipinski definition) is 5. The van der Waals surface area contributed by atoms with E-state index in [0.717, 1.165) is 5.69 Å². The molecule has 7 heteroatoms. The van der Waals surface area contributed by atoms with Crippen LogP contribution in [0.4, 0.5) is 0 Å². The summed E-state index contributed by atoms with van der Waals surface area (Å²) in [6.07, 6.45) is 3.58. The van der Waals surface area contributed by atoms with Gasteiger partial charge in [0.05, 0.1) is 11.6 Å². The summed E-state index contributed by atoms with van der Waals surface area (Å²) in [5.74, 6) is 1.25. The normalized spacial score (nSPS) is 18.6. The molecular weight excluding hydrogens is 378 g/mol. The molecule has 1 aliphatic heterocycles. The van der Waals surface area contributed by atoms with Crippen molar-refractivity contribution in [2.75, 3.05) is 13.1 Å². The SMILES string of the molecule is Cc1noc(C2CN(C(=O)c3cccc(-n4cccn4)c3)CC2c2ccccc2)n1. The molecule has 1 aliphatic rings. The quantitative estimate of drug-likeness (QED) is 0.524. The van der Waals surface area contributed by atoms with Crippen molar-refractivity contribution >= 4 is 5.91 Å². The lowest BCUT2D eigenvalue weighted by atomic mass is 9.89. The predicted molar refractivity (Wildman–Crippen MR) is 110 cm³/mol. The van der Waals surface area contributed by atoms with Crippen LogP contribution in [0, 0.1) is 6.92 Å². The van der Waals surface area contributed by atoms with Crippen LogP contribution in [-0.2, 0) is 0 Å². The lowest BCUT2D eigenvalue weighted by molar-refractivity contribution is 0.0788. The number of rotatable bonds is 4. The van der Waals surface area contributed by atoms with Crippen molar-refractivity contribution in [2.24, 2.45) is 0 Å². The Morgan fingerprint density at radius 2 is 1.87 bits per heavy atom. The summed E-state index contributed by atoms with van der Waals surface area (Å²) < 4.78 is 7.24. The summed E-state index contributed by atoms with van der Waals surface area (Å²) in [7, 11) is 0. The van der Waals surface area contributed by atoms with Crippen molar-refractivity contribution in [3.63, 3.8) is 0 Å². The van der Waals surface area contributed by atoms with Gasteiger partial charge in [0.25, 0.3) is 5.91 Å². The molecule has 2 atom stereocenters. The largest absolute Gasteiger partial charge is 0.339 e. The fraction of sp³-hybridized carbons (Fsp3) is 0.217. The highest BCUT2D eigenvalue weighted by Gasteiger charge is 2.40. The Labute approximate surface area is 174 Å². The van der Waals surface area contributed by atoms with Crippen molar-refractivity contribution in [1.29, 1.82) is 0 Å². The van der Waals surface area contributed by atoms with Gasteiger partial charge in [-0.1, -0.05) is 41.6 Å². The van der Waals surface area contributed by atoms with Gasteiger partial charge in [0, 0.05) is 37.0 Å². The number of aromatic nitrogens is 4. The Balaban J connectivity index is 1.45. The van der Waals surface area contributed by atoms with Crippen LogP contribution in [0.25, 0.3) is 5.69 Å². The Kier molecular flexibility index (Phi) is 4.63. The minimum atomic E-state index is -0.0353. The lowest BCUT2D eigenvalue weighted by Gasteiger charge is -2.17. The van der Waals surface area contributed by atoms with Gasteiger partial charge in [0.1, 0.15) is 0 Å². The van der Waals surface area contributed by atoms with Gasteiger partial charge in [-0.2, -0.15) is 10.1 Å². The van der Waals surface area contributed by atoms with Gasteiger partial charge in [0.15, 0.2) is 5.82 Å². The highest BCUT2D eigenvalue weighted by molar-refractivity contribution is 5.95. The molecule has 1 amide bonds. The van der Waals surface area contributed by atoms with Crippen LogP contribution in [0.5, 0.6) is 0 Å². The zero-order valence-corrected chi connectivity index (χ0v) is 16.5. The zero-order valence-electron chi connectivity index (χ0n) is 16.5. The smallest absolute Gasteiger partial charge is 0.253 e. The molecule has 2 aromatic carbocycles. The minimum Gasteiger partial charge on any atom is -0.339 e. The van der Waals surface area contributed by atoms with Crippen molar-refractivity contribution < 1.29 is 9.32 Å². The van der Waals surface area contributed by atoms with E-state index in [1.165, 1.54) is 5.56 Å². The third-order valence-electron chi connectivity index (χ3n) is 5.56. The molecule has 0 radical (unpaired) electrons. The maximum absolute atomic E-state index is 13.4. The van der Waals surface area contributed by atoms with Gasteiger partial charge < -0.3 is 9.42 Å². The van der Waals surface area contributed by atoms with E-state index in [0.29, 0.717) is 30.4 Å². The highest BCUT2D eigenvalue weighted by Crippen LogP contribution is 2.39. The molecule has 5 rings (SSSR count). The molecule has 0 aliphatic carbocycles. The average Bonchev–Trinajstić information content (AvgIpc) is 3.54. The van der Waals surface area contributed by atoms with Crippen LogP contribution < -0.4 is 0 Å². The minimum absolute atomic E-state index is 0.0105. The molecule has 150 valence electrons. The van der Waals surface area contributed by atoms with Crippen molar-refractivity contribution in [1.82, 2.24) is 24.8 Å². The number of nitrogens with zero attached hydrogens (tertiary/aromatic N) is 5. The number of likely N-dealkylation sites (tertiary alicyclic amines) is 1. The Morgan fingerprint density at radius 1 is 1.03 bits per heavy atom. The molecule has 0 bridgehead atoms. The van der Waals surface area contributed by atoms with Gasteiger partial charge in [-0.3, -0.25) is 4.79 Å². The summed E-state index contributed by atoms with van der Waals surface area (Å²) in [6, 6.07) is 19.6. The van der Waals surface area contributed by atoms with Crippen LogP contribution in [0.2, 0.25) is 0 Å². The second kappa shape index (κ2) is 7.59. The highest BCUT2D eigenvalue weighted by atomic mass is 16.5. The van der Waals surface area contributed by atoms with E-state index < -0.39 is 0 Å². The summed E-state index contributed by atoms with van der Waals surface area (Å²) in [4.78, 5) is 19.7. The van der Waals surface area contributed by atoms with Crippen LogP contribution in [0.1, 0.15) is 39.5 Å². The van der Waals surface area contributed by atoms with E-state index in [4.69, 9.17) is 4.52 Å². The standard InChI is InChI=1S/C23H21N5O2/c1-16-25-22(30-26-16)21-15-27(14-20(21)17-7-3-2-4-8-17)23(29)18-9-5-10-19(13-18)28-12-6-11-24-28/h2-13,20-21H,14-15H2,1H3. The third kappa shape index (κ3) is 3.39. The van der Waals surface area contributed by atoms with E-state index in [-0.39, 0.29) is 17.7 Å². The van der Waals surface area contributed by atoms with Crippen molar-refractivity contribution in [2.45, 2.75) is 18.8 Å². The Morgan fingerprint density at radius 3 is 2.60 bits per heavy atom. The molecule has 7 nitrogen and oxygen atoms in total. The average molecular weight is 399 g/mol. The number of carbonyl (C=O) groups excluding carboxylic acids is 1. The molecule has 2 aromatic heterocycles. The first-order valence-electron chi connectivity index (χ1n) is 9.93. The zero-order chi connectivity index (χ0) is 20.5. The van der Waals surface area contributed by atoms with Crippen LogP contribution >= 0.6 is 0 Å². The van der Waals surface area contributed by atoms with E-state index in [1.54, 1.807) is 10.9 Å². The number of carbonyl (C=O) groups is 1. The van der Waals surface area contributed by atoms with Crippen molar-refractivity contribution in [3.05, 3.63) is 95.9 Å². The first-order valence-corrected chi connectivity index (χ1v) is 9.93. The molecule has 0 N–H and O–H groups in total. The lowest BCUT2D eigenvalue weighted by Crippen LogP contribution is -2.29. The predicted octanol–water partition coefficient (Wildman–Crippen LogP) is 3.59. The third-order valence-corrected chi connectivity index (χ3v) is 5.56. The molecule has 4 aromatic rings. The fourth-order valence-corrected chi connectivity index (χ4v) is 4.11. The topological polar surface area (TPSA) is 77.0 Å². The molecule has 0 saturated carbocycles. The summed E-state index contributed by atoms with van der Waals surface area (Å²) in [5.41, 5.74) is 2.66. The van der Waals surface area contributed by atoms with Gasteiger partial charge in [-0.25, -0.2) is 4.68 Å². The van der Waals surface area contributed by atoms with Crippen LogP contribution in [-0.4, -0.2) is 43.8 Å². The van der Waals surface area contributed by atoms with Crippen LogP contribution in [0.15, 0.2) is 77.6 Å².